The molecule has 0 atom stereocenters. The Labute approximate surface area is 92.2 Å². The van der Waals surface area contributed by atoms with E-state index in [2.05, 4.69) is 0 Å². The second kappa shape index (κ2) is 5.18. The predicted molar refractivity (Wildman–Crippen MR) is 57.5 cm³/mol. The molecule has 0 unspecified atom stereocenters. The van der Waals surface area contributed by atoms with Crippen LogP contribution >= 0.6 is 11.6 Å². The molecule has 0 aliphatic rings. The first-order valence-corrected chi connectivity index (χ1v) is 4.59. The van der Waals surface area contributed by atoms with Crippen molar-refractivity contribution in [3.05, 3.63) is 40.4 Å². The van der Waals surface area contributed by atoms with Crippen LogP contribution in [-0.2, 0) is 4.79 Å². The molecule has 0 aliphatic carbocycles. The fourth-order valence-corrected chi connectivity index (χ4v) is 1.19. The van der Waals surface area contributed by atoms with Gasteiger partial charge in [0.15, 0.2) is 0 Å². The second-order valence-corrected chi connectivity index (χ2v) is 3.26. The molecular formula is C11H8ClNO2. The minimum absolute atomic E-state index is 0.0372. The number of carbonyl (C=O) groups is 1. The number of halogens is 1. The number of hydrogen-bond donors (Lipinski definition) is 1. The van der Waals surface area contributed by atoms with E-state index in [4.69, 9.17) is 22.0 Å². The summed E-state index contributed by atoms with van der Waals surface area (Å²) in [6, 6.07) is 6.90. The Hall–Kier alpha value is -1.79. The van der Waals surface area contributed by atoms with Gasteiger partial charge in [-0.05, 0) is 17.7 Å². The van der Waals surface area contributed by atoms with Gasteiger partial charge < -0.3 is 5.11 Å². The number of rotatable bonds is 3. The molecule has 3 nitrogen and oxygen atoms in total. The van der Waals surface area contributed by atoms with Crippen LogP contribution < -0.4 is 0 Å². The van der Waals surface area contributed by atoms with Gasteiger partial charge in [0.1, 0.15) is 6.07 Å². The molecule has 4 heteroatoms. The van der Waals surface area contributed by atoms with E-state index < -0.39 is 5.97 Å². The fraction of sp³-hybridized carbons (Fsp3) is 0.0909. The highest BCUT2D eigenvalue weighted by Gasteiger charge is 1.98. The van der Waals surface area contributed by atoms with Crippen LogP contribution in [0.1, 0.15) is 17.5 Å². The predicted octanol–water partition coefficient (Wildman–Crippen LogP) is 2.70. The minimum Gasteiger partial charge on any atom is -0.481 e. The molecule has 0 aromatic heterocycles. The van der Waals surface area contributed by atoms with Crippen molar-refractivity contribution >= 4 is 23.6 Å². The van der Waals surface area contributed by atoms with Gasteiger partial charge in [0.2, 0.25) is 0 Å². The van der Waals surface area contributed by atoms with Crippen LogP contribution in [0, 0.1) is 11.3 Å². The van der Waals surface area contributed by atoms with Gasteiger partial charge in [-0.1, -0.05) is 29.8 Å². The van der Waals surface area contributed by atoms with E-state index in [-0.39, 0.29) is 6.42 Å². The molecule has 0 radical (unpaired) electrons. The molecule has 1 N–H and O–H groups in total. The maximum Gasteiger partial charge on any atom is 0.307 e. The Kier molecular flexibility index (Phi) is 3.90. The lowest BCUT2D eigenvalue weighted by Gasteiger charge is -1.96. The summed E-state index contributed by atoms with van der Waals surface area (Å²) in [6.45, 7) is 0. The van der Waals surface area contributed by atoms with E-state index in [1.807, 2.05) is 6.07 Å². The van der Waals surface area contributed by atoms with Gasteiger partial charge in [0.05, 0.1) is 17.0 Å². The Balaban J connectivity index is 2.84. The molecular weight excluding hydrogens is 214 g/mol. The summed E-state index contributed by atoms with van der Waals surface area (Å²) in [5, 5.41) is 17.5. The molecule has 1 aromatic rings. The highest BCUT2D eigenvalue weighted by Crippen LogP contribution is 2.17. The third-order valence-electron chi connectivity index (χ3n) is 1.71. The van der Waals surface area contributed by atoms with E-state index >= 15 is 0 Å². The Morgan fingerprint density at radius 3 is 2.93 bits per heavy atom. The van der Waals surface area contributed by atoms with Gasteiger partial charge in [0.25, 0.3) is 0 Å². The average Bonchev–Trinajstić information content (AvgIpc) is 2.20. The number of aliphatic carboxylic acids is 1. The monoisotopic (exact) mass is 221 g/mol. The maximum atomic E-state index is 10.2. The van der Waals surface area contributed by atoms with Crippen molar-refractivity contribution in [3.63, 3.8) is 0 Å². The van der Waals surface area contributed by atoms with E-state index in [0.717, 1.165) is 5.56 Å². The van der Waals surface area contributed by atoms with Crippen molar-refractivity contribution < 1.29 is 9.90 Å². The zero-order valence-corrected chi connectivity index (χ0v) is 8.53. The van der Waals surface area contributed by atoms with Crippen LogP contribution in [0.5, 0.6) is 0 Å². The van der Waals surface area contributed by atoms with Crippen LogP contribution in [0.25, 0.3) is 6.08 Å². The smallest absolute Gasteiger partial charge is 0.307 e. The normalized spacial score (nSPS) is 10.1. The number of carboxylic acids is 1. The molecule has 0 aliphatic heterocycles. The van der Waals surface area contributed by atoms with Crippen LogP contribution in [0.3, 0.4) is 0 Å². The standard InChI is InChI=1S/C11H8ClNO2/c12-10-5-4-8(6-9(10)7-13)2-1-3-11(14)15/h1-2,4-6H,3H2,(H,14,15). The van der Waals surface area contributed by atoms with Gasteiger partial charge in [-0.25, -0.2) is 0 Å². The minimum atomic E-state index is -0.888. The lowest BCUT2D eigenvalue weighted by molar-refractivity contribution is -0.135. The quantitative estimate of drug-likeness (QED) is 0.854. The molecule has 0 spiro atoms. The Morgan fingerprint density at radius 2 is 2.33 bits per heavy atom. The molecule has 0 heterocycles. The summed E-state index contributed by atoms with van der Waals surface area (Å²) in [6.07, 6.45) is 3.13. The van der Waals surface area contributed by atoms with E-state index in [1.54, 1.807) is 24.3 Å². The third-order valence-corrected chi connectivity index (χ3v) is 2.04. The summed E-state index contributed by atoms with van der Waals surface area (Å²) in [5.41, 5.74) is 1.14. The van der Waals surface area contributed by atoms with E-state index in [1.165, 1.54) is 6.08 Å². The first kappa shape index (κ1) is 11.3. The maximum absolute atomic E-state index is 10.2. The van der Waals surface area contributed by atoms with Crippen molar-refractivity contribution in [2.45, 2.75) is 6.42 Å². The first-order chi connectivity index (χ1) is 7.13. The summed E-state index contributed by atoms with van der Waals surface area (Å²) in [4.78, 5) is 10.2. The van der Waals surface area contributed by atoms with Gasteiger partial charge in [0, 0.05) is 0 Å². The van der Waals surface area contributed by atoms with Crippen LogP contribution in [0.15, 0.2) is 24.3 Å². The summed E-state index contributed by atoms with van der Waals surface area (Å²) >= 11 is 5.74. The van der Waals surface area contributed by atoms with E-state index in [9.17, 15) is 4.79 Å². The van der Waals surface area contributed by atoms with Crippen molar-refractivity contribution in [3.8, 4) is 6.07 Å². The van der Waals surface area contributed by atoms with Gasteiger partial charge in [-0.3, -0.25) is 4.79 Å². The summed E-state index contributed by atoms with van der Waals surface area (Å²) in [5.74, 6) is -0.888. The summed E-state index contributed by atoms with van der Waals surface area (Å²) in [7, 11) is 0. The fourth-order valence-electron chi connectivity index (χ4n) is 1.03. The number of carboxylic acid groups (broad SMARTS) is 1. The van der Waals surface area contributed by atoms with Crippen molar-refractivity contribution in [1.29, 1.82) is 5.26 Å². The van der Waals surface area contributed by atoms with Crippen LogP contribution in [0.4, 0.5) is 0 Å². The van der Waals surface area contributed by atoms with Crippen molar-refractivity contribution in [1.82, 2.24) is 0 Å². The van der Waals surface area contributed by atoms with Crippen molar-refractivity contribution in [2.24, 2.45) is 0 Å². The highest BCUT2D eigenvalue weighted by atomic mass is 35.5. The molecule has 0 amide bonds. The molecule has 1 rings (SSSR count). The molecule has 0 saturated heterocycles. The molecule has 1 aromatic carbocycles. The van der Waals surface area contributed by atoms with E-state index in [0.29, 0.717) is 10.6 Å². The second-order valence-electron chi connectivity index (χ2n) is 2.85. The van der Waals surface area contributed by atoms with Crippen LogP contribution in [0.2, 0.25) is 5.02 Å². The lowest BCUT2D eigenvalue weighted by Crippen LogP contribution is -1.89. The number of nitrogens with zero attached hydrogens (tertiary/aromatic N) is 1. The lowest BCUT2D eigenvalue weighted by atomic mass is 10.1. The SMILES string of the molecule is N#Cc1cc(C=CCC(=O)O)ccc1Cl. The molecule has 76 valence electrons. The van der Waals surface area contributed by atoms with Crippen molar-refractivity contribution in [2.75, 3.05) is 0 Å². The molecule has 0 saturated carbocycles. The third kappa shape index (κ3) is 3.45. The average molecular weight is 222 g/mol. The Bertz CT molecular complexity index is 446. The van der Waals surface area contributed by atoms with Gasteiger partial charge in [-0.2, -0.15) is 5.26 Å². The number of benzene rings is 1. The molecule has 0 bridgehead atoms. The number of hydrogen-bond acceptors (Lipinski definition) is 2. The topological polar surface area (TPSA) is 61.1 Å². The highest BCUT2D eigenvalue weighted by molar-refractivity contribution is 6.31. The first-order valence-electron chi connectivity index (χ1n) is 4.21. The van der Waals surface area contributed by atoms with Gasteiger partial charge in [-0.15, -0.1) is 0 Å². The van der Waals surface area contributed by atoms with Crippen LogP contribution in [-0.4, -0.2) is 11.1 Å². The zero-order chi connectivity index (χ0) is 11.3. The van der Waals surface area contributed by atoms with Gasteiger partial charge >= 0.3 is 5.97 Å². The molecule has 15 heavy (non-hydrogen) atoms. The zero-order valence-electron chi connectivity index (χ0n) is 7.77. The Morgan fingerprint density at radius 1 is 1.60 bits per heavy atom. The summed E-state index contributed by atoms with van der Waals surface area (Å²) < 4.78 is 0. The molecule has 0 fully saturated rings. The largest absolute Gasteiger partial charge is 0.481 e. The number of nitriles is 1.